The van der Waals surface area contributed by atoms with Crippen LogP contribution in [0.1, 0.15) is 12.8 Å². The Bertz CT molecular complexity index is 1220. The summed E-state index contributed by atoms with van der Waals surface area (Å²) in [7, 11) is 0. The van der Waals surface area contributed by atoms with E-state index in [1.54, 1.807) is 12.3 Å². The normalized spacial score (nSPS) is 18.2. The maximum Gasteiger partial charge on any atom is 0.256 e. The lowest BCUT2D eigenvalue weighted by molar-refractivity contribution is 0.154. The smallest absolute Gasteiger partial charge is 0.256 e. The summed E-state index contributed by atoms with van der Waals surface area (Å²) in [6, 6.07) is 6.33. The number of aromatic nitrogens is 2. The lowest BCUT2D eigenvalue weighted by Gasteiger charge is -2.29. The molecular formula is C19H16FN3O2S. The third-order valence-electron chi connectivity index (χ3n) is 4.99. The van der Waals surface area contributed by atoms with Crippen LogP contribution in [0.4, 0.5) is 9.52 Å². The van der Waals surface area contributed by atoms with Gasteiger partial charge < -0.3 is 15.0 Å². The SMILES string of the molecule is O=c1[nH]ccc2c3sc(N4CCCC(O)C4)nc3c3ccc(F)cc3c12. The van der Waals surface area contributed by atoms with E-state index in [-0.39, 0.29) is 17.5 Å². The highest BCUT2D eigenvalue weighted by Gasteiger charge is 2.22. The van der Waals surface area contributed by atoms with Crippen molar-refractivity contribution >= 4 is 48.2 Å². The number of aliphatic hydroxyl groups excluding tert-OH is 1. The molecule has 0 bridgehead atoms. The van der Waals surface area contributed by atoms with E-state index in [0.29, 0.717) is 17.3 Å². The van der Waals surface area contributed by atoms with Gasteiger partial charge in [0.2, 0.25) is 0 Å². The number of β-amino-alcohol motifs (C(OH)–C–C–N with tert-alkyl or cyclic N) is 1. The van der Waals surface area contributed by atoms with Gasteiger partial charge in [-0.1, -0.05) is 11.3 Å². The van der Waals surface area contributed by atoms with Gasteiger partial charge in [-0.2, -0.15) is 0 Å². The van der Waals surface area contributed by atoms with Crippen LogP contribution < -0.4 is 10.5 Å². The number of rotatable bonds is 1. The second-order valence-electron chi connectivity index (χ2n) is 6.70. The maximum absolute atomic E-state index is 13.9. The summed E-state index contributed by atoms with van der Waals surface area (Å²) in [6.45, 7) is 1.41. The maximum atomic E-state index is 13.9. The Labute approximate surface area is 151 Å². The molecule has 0 aliphatic carbocycles. The molecule has 5 rings (SSSR count). The van der Waals surface area contributed by atoms with Crippen molar-refractivity contribution in [3.63, 3.8) is 0 Å². The number of H-pyrrole nitrogens is 1. The number of piperidine rings is 1. The van der Waals surface area contributed by atoms with E-state index < -0.39 is 0 Å². The molecule has 2 aromatic heterocycles. The van der Waals surface area contributed by atoms with Gasteiger partial charge >= 0.3 is 0 Å². The molecular weight excluding hydrogens is 353 g/mol. The number of hydrogen-bond acceptors (Lipinski definition) is 5. The highest BCUT2D eigenvalue weighted by molar-refractivity contribution is 7.23. The molecule has 26 heavy (non-hydrogen) atoms. The fraction of sp³-hybridized carbons (Fsp3) is 0.263. The number of hydrogen-bond donors (Lipinski definition) is 2. The van der Waals surface area contributed by atoms with Crippen molar-refractivity contribution in [1.82, 2.24) is 9.97 Å². The first-order valence-electron chi connectivity index (χ1n) is 8.58. The van der Waals surface area contributed by atoms with E-state index in [2.05, 4.69) is 9.88 Å². The molecule has 2 N–H and O–H groups in total. The zero-order chi connectivity index (χ0) is 17.8. The molecule has 1 fully saturated rings. The molecule has 4 aromatic rings. The van der Waals surface area contributed by atoms with Crippen LogP contribution in [0.2, 0.25) is 0 Å². The molecule has 3 heterocycles. The Kier molecular flexibility index (Phi) is 3.48. The number of thiazole rings is 1. The number of aliphatic hydroxyl groups is 1. The molecule has 1 saturated heterocycles. The summed E-state index contributed by atoms with van der Waals surface area (Å²) < 4.78 is 14.8. The standard InChI is InChI=1S/C19H16FN3O2S/c20-10-3-4-12-14(8-10)15-13(5-6-21-18(15)25)17-16(12)22-19(26-17)23-7-1-2-11(24)9-23/h3-6,8,11,24H,1-2,7,9H2,(H,21,25). The highest BCUT2D eigenvalue weighted by atomic mass is 32.1. The first kappa shape index (κ1) is 15.7. The van der Waals surface area contributed by atoms with Crippen LogP contribution in [0, 0.1) is 5.82 Å². The van der Waals surface area contributed by atoms with Gasteiger partial charge in [0.15, 0.2) is 5.13 Å². The van der Waals surface area contributed by atoms with Crippen molar-refractivity contribution in [2.45, 2.75) is 18.9 Å². The molecule has 2 aromatic carbocycles. The van der Waals surface area contributed by atoms with Crippen LogP contribution in [0.25, 0.3) is 31.8 Å². The highest BCUT2D eigenvalue weighted by Crippen LogP contribution is 2.39. The molecule has 1 atom stereocenters. The van der Waals surface area contributed by atoms with E-state index in [9.17, 15) is 14.3 Å². The average Bonchev–Trinajstić information content (AvgIpc) is 3.07. The van der Waals surface area contributed by atoms with Crippen molar-refractivity contribution in [2.75, 3.05) is 18.0 Å². The van der Waals surface area contributed by atoms with Gasteiger partial charge in [0.05, 0.1) is 21.7 Å². The lowest BCUT2D eigenvalue weighted by atomic mass is 10.0. The number of benzene rings is 2. The molecule has 0 radical (unpaired) electrons. The first-order chi connectivity index (χ1) is 12.6. The Morgan fingerprint density at radius 3 is 3.00 bits per heavy atom. The topological polar surface area (TPSA) is 69.2 Å². The number of nitrogens with one attached hydrogen (secondary N) is 1. The number of anilines is 1. The van der Waals surface area contributed by atoms with Crippen LogP contribution in [0.3, 0.4) is 0 Å². The van der Waals surface area contributed by atoms with Gasteiger partial charge in [0.25, 0.3) is 5.56 Å². The lowest BCUT2D eigenvalue weighted by Crippen LogP contribution is -2.38. The molecule has 0 amide bonds. The Morgan fingerprint density at radius 1 is 1.27 bits per heavy atom. The fourth-order valence-electron chi connectivity index (χ4n) is 3.80. The van der Waals surface area contributed by atoms with Crippen LogP contribution >= 0.6 is 11.3 Å². The fourth-order valence-corrected chi connectivity index (χ4v) is 4.95. The van der Waals surface area contributed by atoms with Crippen LogP contribution in [-0.4, -0.2) is 34.3 Å². The summed E-state index contributed by atoms with van der Waals surface area (Å²) in [5.41, 5.74) is 0.543. The molecule has 1 unspecified atom stereocenters. The van der Waals surface area contributed by atoms with Crippen LogP contribution in [0.5, 0.6) is 0 Å². The predicted molar refractivity (Wildman–Crippen MR) is 103 cm³/mol. The Morgan fingerprint density at radius 2 is 2.15 bits per heavy atom. The molecule has 5 nitrogen and oxygen atoms in total. The minimum absolute atomic E-state index is 0.233. The van der Waals surface area contributed by atoms with Crippen molar-refractivity contribution in [3.8, 4) is 0 Å². The largest absolute Gasteiger partial charge is 0.391 e. The summed E-state index contributed by atoms with van der Waals surface area (Å²) in [5, 5.41) is 13.4. The van der Waals surface area contributed by atoms with Gasteiger partial charge in [-0.25, -0.2) is 9.37 Å². The van der Waals surface area contributed by atoms with Gasteiger partial charge in [-0.05, 0) is 37.1 Å². The van der Waals surface area contributed by atoms with E-state index in [4.69, 9.17) is 4.98 Å². The Hall–Kier alpha value is -2.51. The van der Waals surface area contributed by atoms with Crippen molar-refractivity contribution in [2.24, 2.45) is 0 Å². The van der Waals surface area contributed by atoms with Gasteiger partial charge in [0, 0.05) is 35.4 Å². The molecule has 1 aliphatic rings. The number of halogens is 1. The van der Waals surface area contributed by atoms with Crippen LogP contribution in [0.15, 0.2) is 35.3 Å². The molecule has 0 saturated carbocycles. The minimum Gasteiger partial charge on any atom is -0.391 e. The van der Waals surface area contributed by atoms with E-state index in [0.717, 1.165) is 45.5 Å². The third kappa shape index (κ3) is 2.31. The predicted octanol–water partition coefficient (Wildman–Crippen LogP) is 3.39. The van der Waals surface area contributed by atoms with Gasteiger partial charge in [-0.3, -0.25) is 4.79 Å². The van der Waals surface area contributed by atoms with Crippen LogP contribution in [-0.2, 0) is 0 Å². The number of aromatic amines is 1. The summed E-state index contributed by atoms with van der Waals surface area (Å²) in [4.78, 5) is 22.0. The second-order valence-corrected chi connectivity index (χ2v) is 7.68. The molecule has 1 aliphatic heterocycles. The zero-order valence-corrected chi connectivity index (χ0v) is 14.6. The van der Waals surface area contributed by atoms with E-state index in [1.165, 1.54) is 23.5 Å². The van der Waals surface area contributed by atoms with Gasteiger partial charge in [-0.15, -0.1) is 0 Å². The zero-order valence-electron chi connectivity index (χ0n) is 13.8. The summed E-state index contributed by atoms with van der Waals surface area (Å²) >= 11 is 1.52. The quantitative estimate of drug-likeness (QED) is 0.505. The van der Waals surface area contributed by atoms with Crippen molar-refractivity contribution < 1.29 is 9.50 Å². The summed E-state index contributed by atoms with van der Waals surface area (Å²) in [6.07, 6.45) is 2.99. The van der Waals surface area contributed by atoms with E-state index in [1.807, 2.05) is 6.07 Å². The monoisotopic (exact) mass is 369 g/mol. The van der Waals surface area contributed by atoms with Gasteiger partial charge in [0.1, 0.15) is 5.82 Å². The third-order valence-corrected chi connectivity index (χ3v) is 6.14. The van der Waals surface area contributed by atoms with Crippen molar-refractivity contribution in [3.05, 3.63) is 46.6 Å². The molecule has 7 heteroatoms. The number of nitrogens with zero attached hydrogens (tertiary/aromatic N) is 2. The minimum atomic E-state index is -0.379. The molecule has 132 valence electrons. The summed E-state index contributed by atoms with van der Waals surface area (Å²) in [5.74, 6) is -0.379. The molecule has 0 spiro atoms. The number of fused-ring (bicyclic) bond motifs is 6. The second kappa shape index (κ2) is 5.75. The van der Waals surface area contributed by atoms with E-state index >= 15 is 0 Å². The first-order valence-corrected chi connectivity index (χ1v) is 9.39. The Balaban J connectivity index is 1.87. The number of pyridine rings is 1. The van der Waals surface area contributed by atoms with Crippen molar-refractivity contribution in [1.29, 1.82) is 0 Å². The average molecular weight is 369 g/mol.